The second-order valence-electron chi connectivity index (χ2n) is 4.97. The summed E-state index contributed by atoms with van der Waals surface area (Å²) in [6.07, 6.45) is 3.09. The van der Waals surface area contributed by atoms with Crippen LogP contribution in [0.3, 0.4) is 0 Å². The van der Waals surface area contributed by atoms with E-state index in [0.717, 1.165) is 17.4 Å². The van der Waals surface area contributed by atoms with Gasteiger partial charge in [0, 0.05) is 22.7 Å². The predicted octanol–water partition coefficient (Wildman–Crippen LogP) is 3.95. The van der Waals surface area contributed by atoms with Gasteiger partial charge in [-0.3, -0.25) is 0 Å². The lowest BCUT2D eigenvalue weighted by atomic mass is 10.1. The molecule has 1 aromatic heterocycles. The van der Waals surface area contributed by atoms with Gasteiger partial charge in [-0.2, -0.15) is 0 Å². The Morgan fingerprint density at radius 3 is 2.70 bits per heavy atom. The summed E-state index contributed by atoms with van der Waals surface area (Å²) in [5.74, 6) is 0. The Bertz CT molecular complexity index is 731. The highest BCUT2D eigenvalue weighted by atomic mass is 79.9. The number of hydrogen-bond donors (Lipinski definition) is 1. The number of nitrogens with zero attached hydrogens (tertiary/aromatic N) is 1. The van der Waals surface area contributed by atoms with Gasteiger partial charge < -0.3 is 10.3 Å². The summed E-state index contributed by atoms with van der Waals surface area (Å²) in [7, 11) is 0. The van der Waals surface area contributed by atoms with Crippen molar-refractivity contribution < 1.29 is 0 Å². The van der Waals surface area contributed by atoms with Crippen molar-refractivity contribution in [2.24, 2.45) is 5.73 Å². The molecule has 0 unspecified atom stereocenters. The first-order valence-electron chi connectivity index (χ1n) is 6.79. The number of halogens is 1. The molecule has 2 N–H and O–H groups in total. The summed E-state index contributed by atoms with van der Waals surface area (Å²) in [6, 6.07) is 17.1. The van der Waals surface area contributed by atoms with Crippen LogP contribution in [0.4, 0.5) is 0 Å². The lowest BCUT2D eigenvalue weighted by Crippen LogP contribution is -2.02. The van der Waals surface area contributed by atoms with E-state index in [4.69, 9.17) is 5.73 Å². The number of hydrogen-bond acceptors (Lipinski definition) is 1. The number of benzene rings is 2. The van der Waals surface area contributed by atoms with Crippen LogP contribution < -0.4 is 5.73 Å². The van der Waals surface area contributed by atoms with Crippen molar-refractivity contribution in [1.82, 2.24) is 4.57 Å². The summed E-state index contributed by atoms with van der Waals surface area (Å²) >= 11 is 3.61. The fourth-order valence-electron chi connectivity index (χ4n) is 2.52. The van der Waals surface area contributed by atoms with Gasteiger partial charge in [0.05, 0.1) is 0 Å². The molecule has 0 fully saturated rings. The molecule has 0 amide bonds. The standard InChI is InChI=1S/C17H17BrN2/c18-16-4-2-1-3-15(16)12-20-10-8-14-11-13(7-9-19)5-6-17(14)20/h1-6,8,10-11H,7,9,12,19H2. The Morgan fingerprint density at radius 1 is 1.05 bits per heavy atom. The third-order valence-electron chi connectivity index (χ3n) is 3.57. The van der Waals surface area contributed by atoms with Gasteiger partial charge >= 0.3 is 0 Å². The van der Waals surface area contributed by atoms with Gasteiger partial charge in [-0.15, -0.1) is 0 Å². The third-order valence-corrected chi connectivity index (χ3v) is 4.34. The van der Waals surface area contributed by atoms with Gasteiger partial charge in [0.15, 0.2) is 0 Å². The first-order chi connectivity index (χ1) is 9.78. The predicted molar refractivity (Wildman–Crippen MR) is 87.9 cm³/mol. The molecule has 102 valence electrons. The topological polar surface area (TPSA) is 30.9 Å². The minimum atomic E-state index is 0.698. The lowest BCUT2D eigenvalue weighted by molar-refractivity contribution is 0.833. The molecule has 0 aliphatic carbocycles. The quantitative estimate of drug-likeness (QED) is 0.772. The SMILES string of the molecule is NCCc1ccc2c(ccn2Cc2ccccc2Br)c1. The number of aromatic nitrogens is 1. The zero-order valence-corrected chi connectivity index (χ0v) is 12.8. The van der Waals surface area contributed by atoms with Gasteiger partial charge in [0.1, 0.15) is 0 Å². The smallest absolute Gasteiger partial charge is 0.0487 e. The molecule has 0 radical (unpaired) electrons. The summed E-state index contributed by atoms with van der Waals surface area (Å²) in [5, 5.41) is 1.28. The maximum atomic E-state index is 5.62. The summed E-state index contributed by atoms with van der Waals surface area (Å²) in [4.78, 5) is 0. The van der Waals surface area contributed by atoms with E-state index >= 15 is 0 Å². The van der Waals surface area contributed by atoms with Crippen molar-refractivity contribution >= 4 is 26.8 Å². The Balaban J connectivity index is 1.95. The zero-order valence-electron chi connectivity index (χ0n) is 11.2. The molecule has 2 nitrogen and oxygen atoms in total. The van der Waals surface area contributed by atoms with Crippen LogP contribution in [-0.2, 0) is 13.0 Å². The molecule has 3 aromatic rings. The van der Waals surface area contributed by atoms with Crippen molar-refractivity contribution in [3.63, 3.8) is 0 Å². The molecule has 0 spiro atoms. The molecule has 1 heterocycles. The largest absolute Gasteiger partial charge is 0.343 e. The average Bonchev–Trinajstić information content (AvgIpc) is 2.84. The molecule has 3 heteroatoms. The van der Waals surface area contributed by atoms with E-state index in [1.807, 2.05) is 6.07 Å². The van der Waals surface area contributed by atoms with Crippen molar-refractivity contribution in [1.29, 1.82) is 0 Å². The Labute approximate surface area is 127 Å². The maximum Gasteiger partial charge on any atom is 0.0487 e. The molecule has 0 saturated heterocycles. The highest BCUT2D eigenvalue weighted by Gasteiger charge is 2.05. The lowest BCUT2D eigenvalue weighted by Gasteiger charge is -2.08. The number of fused-ring (bicyclic) bond motifs is 1. The summed E-state index contributed by atoms with van der Waals surface area (Å²) in [6.45, 7) is 1.57. The van der Waals surface area contributed by atoms with E-state index in [-0.39, 0.29) is 0 Å². The average molecular weight is 329 g/mol. The zero-order chi connectivity index (χ0) is 13.9. The van der Waals surface area contributed by atoms with Crippen LogP contribution in [0, 0.1) is 0 Å². The van der Waals surface area contributed by atoms with Crippen LogP contribution in [0.1, 0.15) is 11.1 Å². The summed E-state index contributed by atoms with van der Waals surface area (Å²) in [5.41, 5.74) is 9.48. The van der Waals surface area contributed by atoms with Crippen LogP contribution in [0.15, 0.2) is 59.2 Å². The first kappa shape index (κ1) is 13.4. The molecule has 3 rings (SSSR count). The van der Waals surface area contributed by atoms with Crippen LogP contribution in [0.5, 0.6) is 0 Å². The molecule has 0 aliphatic heterocycles. The molecule has 0 atom stereocenters. The molecule has 0 bridgehead atoms. The Morgan fingerprint density at radius 2 is 1.90 bits per heavy atom. The van der Waals surface area contributed by atoms with Crippen molar-refractivity contribution in [2.45, 2.75) is 13.0 Å². The van der Waals surface area contributed by atoms with Gasteiger partial charge in [0.2, 0.25) is 0 Å². The molecule has 0 aliphatic rings. The second kappa shape index (κ2) is 5.81. The van der Waals surface area contributed by atoms with Crippen LogP contribution >= 0.6 is 15.9 Å². The van der Waals surface area contributed by atoms with Crippen LogP contribution in [0.2, 0.25) is 0 Å². The highest BCUT2D eigenvalue weighted by molar-refractivity contribution is 9.10. The molecule has 20 heavy (non-hydrogen) atoms. The van der Waals surface area contributed by atoms with Crippen LogP contribution in [0.25, 0.3) is 10.9 Å². The molecular weight excluding hydrogens is 312 g/mol. The number of rotatable bonds is 4. The molecule has 0 saturated carbocycles. The summed E-state index contributed by atoms with van der Waals surface area (Å²) < 4.78 is 3.43. The minimum Gasteiger partial charge on any atom is -0.343 e. The van der Waals surface area contributed by atoms with E-state index in [2.05, 4.69) is 69.2 Å². The maximum absolute atomic E-state index is 5.62. The monoisotopic (exact) mass is 328 g/mol. The van der Waals surface area contributed by atoms with E-state index in [9.17, 15) is 0 Å². The van der Waals surface area contributed by atoms with E-state index in [0.29, 0.717) is 6.54 Å². The van der Waals surface area contributed by atoms with Gasteiger partial charge in [-0.1, -0.05) is 40.2 Å². The fraction of sp³-hybridized carbons (Fsp3) is 0.176. The molecule has 2 aromatic carbocycles. The number of nitrogens with two attached hydrogens (primary N) is 1. The van der Waals surface area contributed by atoms with E-state index < -0.39 is 0 Å². The van der Waals surface area contributed by atoms with E-state index in [1.54, 1.807) is 0 Å². The minimum absolute atomic E-state index is 0.698. The van der Waals surface area contributed by atoms with E-state index in [1.165, 1.54) is 22.0 Å². The van der Waals surface area contributed by atoms with Crippen molar-refractivity contribution in [3.05, 3.63) is 70.3 Å². The third kappa shape index (κ3) is 2.65. The fourth-order valence-corrected chi connectivity index (χ4v) is 2.93. The second-order valence-corrected chi connectivity index (χ2v) is 5.82. The van der Waals surface area contributed by atoms with Gasteiger partial charge in [0.25, 0.3) is 0 Å². The van der Waals surface area contributed by atoms with Crippen molar-refractivity contribution in [3.8, 4) is 0 Å². The Hall–Kier alpha value is -1.58. The highest BCUT2D eigenvalue weighted by Crippen LogP contribution is 2.22. The Kier molecular flexibility index (Phi) is 3.90. The first-order valence-corrected chi connectivity index (χ1v) is 7.58. The van der Waals surface area contributed by atoms with Gasteiger partial charge in [-0.05, 0) is 53.7 Å². The van der Waals surface area contributed by atoms with Gasteiger partial charge in [-0.25, -0.2) is 0 Å². The van der Waals surface area contributed by atoms with Crippen LogP contribution in [-0.4, -0.2) is 11.1 Å². The van der Waals surface area contributed by atoms with Crippen molar-refractivity contribution in [2.75, 3.05) is 6.54 Å². The normalized spacial score (nSPS) is 11.1. The molecular formula is C17H17BrN2.